The van der Waals surface area contributed by atoms with Crippen molar-refractivity contribution in [3.05, 3.63) is 82.6 Å². The number of fused-ring (bicyclic) bond motifs is 1. The highest BCUT2D eigenvalue weighted by Gasteiger charge is 2.28. The zero-order valence-electron chi connectivity index (χ0n) is 22.9. The summed E-state index contributed by atoms with van der Waals surface area (Å²) in [6.07, 6.45) is 4.01. The lowest BCUT2D eigenvalue weighted by molar-refractivity contribution is -0.115. The van der Waals surface area contributed by atoms with E-state index in [2.05, 4.69) is 31.3 Å². The molecule has 2 aliphatic heterocycles. The minimum Gasteiger partial charge on any atom is -0.340 e. The van der Waals surface area contributed by atoms with E-state index in [0.29, 0.717) is 58.3 Å². The van der Waals surface area contributed by atoms with Crippen molar-refractivity contribution < 1.29 is 14.4 Å². The van der Waals surface area contributed by atoms with E-state index in [1.54, 1.807) is 28.9 Å². The van der Waals surface area contributed by atoms with Crippen LogP contribution in [0.2, 0.25) is 5.02 Å². The summed E-state index contributed by atoms with van der Waals surface area (Å²) < 4.78 is 1.58. The molecule has 2 aromatic carbocycles. The molecule has 13 heteroatoms. The first-order chi connectivity index (χ1) is 20.2. The molecule has 2 fully saturated rings. The molecule has 0 spiro atoms. The Morgan fingerprint density at radius 2 is 1.86 bits per heavy atom. The van der Waals surface area contributed by atoms with Crippen LogP contribution in [0.4, 0.5) is 27.8 Å². The minimum atomic E-state index is -0.595. The number of benzene rings is 2. The predicted molar refractivity (Wildman–Crippen MR) is 160 cm³/mol. The van der Waals surface area contributed by atoms with Crippen molar-refractivity contribution in [1.82, 2.24) is 35.0 Å². The smallest absolute Gasteiger partial charge is 0.326 e. The number of anilines is 4. The summed E-state index contributed by atoms with van der Waals surface area (Å²) in [7, 11) is 4.06. The monoisotopic (exact) mass is 585 g/mol. The average Bonchev–Trinajstić information content (AvgIpc) is 3.68. The molecular weight excluding hydrogens is 558 g/mol. The lowest BCUT2D eigenvalue weighted by Gasteiger charge is -2.20. The number of amides is 4. The van der Waals surface area contributed by atoms with E-state index in [1.165, 1.54) is 6.08 Å². The first-order valence-corrected chi connectivity index (χ1v) is 13.7. The zero-order valence-corrected chi connectivity index (χ0v) is 23.6. The number of nitrogens with one attached hydrogen (secondary N) is 4. The van der Waals surface area contributed by atoms with Crippen LogP contribution < -0.4 is 21.3 Å². The Labute approximate surface area is 246 Å². The summed E-state index contributed by atoms with van der Waals surface area (Å²) in [5.74, 6) is 0.470. The van der Waals surface area contributed by atoms with Crippen molar-refractivity contribution in [3.63, 3.8) is 0 Å². The second-order valence-corrected chi connectivity index (χ2v) is 10.8. The molecule has 2 saturated heterocycles. The highest BCUT2D eigenvalue weighted by atomic mass is 35.5. The molecule has 0 aliphatic carbocycles. The third-order valence-corrected chi connectivity index (χ3v) is 7.41. The van der Waals surface area contributed by atoms with Gasteiger partial charge in [-0.1, -0.05) is 23.7 Å². The SMILES string of the molecule is CN(C)C1CCN(C(=O)c2cccc(Nc3cc(Nc4cccc(Cl)c4)nc4c(/C=C5/NC(=O)NC5=O)cnn34)c2)C1. The van der Waals surface area contributed by atoms with E-state index in [-0.39, 0.29) is 11.6 Å². The van der Waals surface area contributed by atoms with E-state index in [4.69, 9.17) is 16.6 Å². The summed E-state index contributed by atoms with van der Waals surface area (Å²) in [6, 6.07) is 16.1. The molecule has 42 heavy (non-hydrogen) atoms. The quantitative estimate of drug-likeness (QED) is 0.190. The van der Waals surface area contributed by atoms with Crippen molar-refractivity contribution >= 4 is 64.2 Å². The van der Waals surface area contributed by atoms with Gasteiger partial charge in [0.25, 0.3) is 11.8 Å². The molecular formula is C29H28ClN9O3. The van der Waals surface area contributed by atoms with Crippen LogP contribution in [0.25, 0.3) is 11.7 Å². The number of likely N-dealkylation sites (tertiary alicyclic amines) is 1. The maximum absolute atomic E-state index is 13.3. The zero-order chi connectivity index (χ0) is 29.4. The topological polar surface area (TPSA) is 136 Å². The van der Waals surface area contributed by atoms with Gasteiger partial charge in [0.15, 0.2) is 5.65 Å². The van der Waals surface area contributed by atoms with Crippen LogP contribution in [-0.2, 0) is 4.79 Å². The molecule has 0 saturated carbocycles. The third kappa shape index (κ3) is 5.62. The van der Waals surface area contributed by atoms with Gasteiger partial charge >= 0.3 is 6.03 Å². The summed E-state index contributed by atoms with van der Waals surface area (Å²) in [6.45, 7) is 1.41. The molecule has 4 N–H and O–H groups in total. The van der Waals surface area contributed by atoms with E-state index < -0.39 is 11.9 Å². The number of urea groups is 1. The predicted octanol–water partition coefficient (Wildman–Crippen LogP) is 3.83. The molecule has 1 unspecified atom stereocenters. The number of imide groups is 1. The normalized spacial score (nSPS) is 17.7. The second kappa shape index (κ2) is 11.1. The number of carbonyl (C=O) groups is 3. The largest absolute Gasteiger partial charge is 0.340 e. The van der Waals surface area contributed by atoms with Gasteiger partial charge in [-0.05, 0) is 63.0 Å². The van der Waals surface area contributed by atoms with Crippen LogP contribution >= 0.6 is 11.6 Å². The number of rotatable bonds is 7. The van der Waals surface area contributed by atoms with Crippen LogP contribution in [0.3, 0.4) is 0 Å². The Kier molecular flexibility index (Phi) is 7.23. The Hall–Kier alpha value is -4.94. The summed E-state index contributed by atoms with van der Waals surface area (Å²) >= 11 is 6.18. The molecule has 0 radical (unpaired) electrons. The Morgan fingerprint density at radius 3 is 2.57 bits per heavy atom. The Bertz CT molecular complexity index is 1750. The van der Waals surface area contributed by atoms with Gasteiger partial charge < -0.3 is 25.8 Å². The number of hydrogen-bond donors (Lipinski definition) is 4. The number of nitrogens with zero attached hydrogens (tertiary/aromatic N) is 5. The second-order valence-electron chi connectivity index (χ2n) is 10.3. The van der Waals surface area contributed by atoms with Gasteiger partial charge in [0.2, 0.25) is 0 Å². The fourth-order valence-electron chi connectivity index (χ4n) is 4.99. The van der Waals surface area contributed by atoms with E-state index in [1.807, 2.05) is 55.4 Å². The van der Waals surface area contributed by atoms with Crippen LogP contribution in [0.15, 0.2) is 66.5 Å². The molecule has 4 heterocycles. The van der Waals surface area contributed by atoms with Crippen LogP contribution in [-0.4, -0.2) is 75.5 Å². The van der Waals surface area contributed by atoms with Gasteiger partial charge in [0, 0.05) is 52.7 Å². The maximum atomic E-state index is 13.3. The number of carbonyl (C=O) groups excluding carboxylic acids is 3. The van der Waals surface area contributed by atoms with Gasteiger partial charge in [-0.25, -0.2) is 9.78 Å². The lowest BCUT2D eigenvalue weighted by Crippen LogP contribution is -2.34. The van der Waals surface area contributed by atoms with Crippen molar-refractivity contribution in [2.75, 3.05) is 37.8 Å². The first-order valence-electron chi connectivity index (χ1n) is 13.3. The average molecular weight is 586 g/mol. The molecule has 6 rings (SSSR count). The molecule has 12 nitrogen and oxygen atoms in total. The Morgan fingerprint density at radius 1 is 1.07 bits per heavy atom. The number of hydrogen-bond acceptors (Lipinski definition) is 8. The molecule has 2 aliphatic rings. The highest BCUT2D eigenvalue weighted by Crippen LogP contribution is 2.27. The van der Waals surface area contributed by atoms with Gasteiger partial charge in [0.1, 0.15) is 17.3 Å². The molecule has 2 aromatic heterocycles. The van der Waals surface area contributed by atoms with E-state index in [0.717, 1.165) is 12.1 Å². The van der Waals surface area contributed by atoms with Crippen LogP contribution in [0.5, 0.6) is 0 Å². The number of likely N-dealkylation sites (N-methyl/N-ethyl adjacent to an activating group) is 1. The van der Waals surface area contributed by atoms with Gasteiger partial charge in [-0.3, -0.25) is 14.9 Å². The van der Waals surface area contributed by atoms with Crippen LogP contribution in [0, 0.1) is 0 Å². The molecule has 4 aromatic rings. The summed E-state index contributed by atoms with van der Waals surface area (Å²) in [4.78, 5) is 45.8. The van der Waals surface area contributed by atoms with Gasteiger partial charge in [-0.15, -0.1) is 0 Å². The fraction of sp³-hybridized carbons (Fsp3) is 0.207. The van der Waals surface area contributed by atoms with E-state index in [9.17, 15) is 14.4 Å². The van der Waals surface area contributed by atoms with Crippen molar-refractivity contribution in [1.29, 1.82) is 0 Å². The molecule has 214 valence electrons. The summed E-state index contributed by atoms with van der Waals surface area (Å²) in [5.41, 5.74) is 3.00. The van der Waals surface area contributed by atoms with Crippen molar-refractivity contribution in [2.24, 2.45) is 0 Å². The third-order valence-electron chi connectivity index (χ3n) is 7.18. The summed E-state index contributed by atoms with van der Waals surface area (Å²) in [5, 5.41) is 16.3. The molecule has 0 bridgehead atoms. The van der Waals surface area contributed by atoms with Crippen molar-refractivity contribution in [2.45, 2.75) is 12.5 Å². The van der Waals surface area contributed by atoms with Gasteiger partial charge in [0.05, 0.1) is 6.20 Å². The van der Waals surface area contributed by atoms with Gasteiger partial charge in [-0.2, -0.15) is 9.61 Å². The first kappa shape index (κ1) is 27.2. The number of aromatic nitrogens is 3. The maximum Gasteiger partial charge on any atom is 0.326 e. The Balaban J connectivity index is 1.34. The van der Waals surface area contributed by atoms with Crippen molar-refractivity contribution in [3.8, 4) is 0 Å². The highest BCUT2D eigenvalue weighted by molar-refractivity contribution is 6.30. The fourth-order valence-corrected chi connectivity index (χ4v) is 5.19. The standard InChI is InChI=1S/C29H28ClN9O3/c1-37(2)22-9-10-38(16-22)28(41)17-5-3-7-20(11-17)33-25-14-24(32-21-8-4-6-19(30)13-21)35-26-18(15-31-39(25)26)12-23-27(40)36-29(42)34-23/h3-8,11-15,22,33H,9-10,16H2,1-2H3,(H,32,35)(H2,34,36,40,42)/b23-12+. The minimum absolute atomic E-state index is 0.0175. The number of halogens is 1. The molecule has 4 amide bonds. The molecule has 1 atom stereocenters. The van der Waals surface area contributed by atoms with Crippen LogP contribution in [0.1, 0.15) is 22.3 Å². The van der Waals surface area contributed by atoms with E-state index >= 15 is 0 Å². The lowest BCUT2D eigenvalue weighted by atomic mass is 10.1.